The topological polar surface area (TPSA) is 118 Å². The molecule has 1 atom stereocenters. The average Bonchev–Trinajstić information content (AvgIpc) is 3.74. The van der Waals surface area contributed by atoms with E-state index >= 15 is 0 Å². The molecule has 2 aromatic heterocycles. The van der Waals surface area contributed by atoms with Crippen LogP contribution in [0.25, 0.3) is 33.5 Å². The van der Waals surface area contributed by atoms with Crippen LogP contribution in [-0.4, -0.2) is 53.0 Å². The number of aromatic amines is 1. The molecule has 6 rings (SSSR count). The number of hydrogen-bond acceptors (Lipinski definition) is 7. The Balaban J connectivity index is 1.28. The van der Waals surface area contributed by atoms with Crippen LogP contribution in [0.15, 0.2) is 91.0 Å². The van der Waals surface area contributed by atoms with Gasteiger partial charge in [0.25, 0.3) is 5.91 Å². The molecule has 6 aromatic rings. The summed E-state index contributed by atoms with van der Waals surface area (Å²) in [5.74, 6) is 1.90. The fourth-order valence-corrected chi connectivity index (χ4v) is 6.51. The monoisotopic (exact) mass is 643 g/mol. The number of aryl methyl sites for hydroxylation is 2. The second-order valence-electron chi connectivity index (χ2n) is 11.7. The van der Waals surface area contributed by atoms with E-state index in [9.17, 15) is 9.59 Å². The fourth-order valence-electron chi connectivity index (χ4n) is 5.88. The molecular formula is C37H37N7O2S. The number of nitrogens with zero attached hydrogens (tertiary/aromatic N) is 5. The molecule has 0 bridgehead atoms. The van der Waals surface area contributed by atoms with Gasteiger partial charge in [0.05, 0.1) is 11.0 Å². The normalized spacial score (nSPS) is 11.9. The molecule has 9 nitrogen and oxygen atoms in total. The summed E-state index contributed by atoms with van der Waals surface area (Å²) in [7, 11) is 0. The first kappa shape index (κ1) is 31.9. The van der Waals surface area contributed by atoms with E-state index in [2.05, 4.69) is 67.8 Å². The Labute approximate surface area is 278 Å². The lowest BCUT2D eigenvalue weighted by Gasteiger charge is -2.19. The molecule has 1 amide bonds. The second kappa shape index (κ2) is 14.6. The van der Waals surface area contributed by atoms with Crippen LogP contribution in [0, 0.1) is 6.92 Å². The third kappa shape index (κ3) is 7.49. The van der Waals surface area contributed by atoms with Crippen molar-refractivity contribution >= 4 is 33.8 Å². The SMILES string of the molecule is CCCc1nc2c(C)cc(C(=O)N[C@@H](CSC(C)=O)Cc3ccccc3)cc2n1Cc1ccc(-c2ccccc2-c2nn[nH]n2)cc1. The summed E-state index contributed by atoms with van der Waals surface area (Å²) < 4.78 is 2.23. The molecule has 0 unspecified atom stereocenters. The van der Waals surface area contributed by atoms with Crippen LogP contribution >= 0.6 is 11.8 Å². The van der Waals surface area contributed by atoms with Gasteiger partial charge in [0.2, 0.25) is 5.82 Å². The van der Waals surface area contributed by atoms with Crippen molar-refractivity contribution in [3.63, 3.8) is 0 Å². The van der Waals surface area contributed by atoms with Gasteiger partial charge in [-0.05, 0) is 64.9 Å². The third-order valence-corrected chi connectivity index (χ3v) is 9.10. The van der Waals surface area contributed by atoms with E-state index < -0.39 is 0 Å². The van der Waals surface area contributed by atoms with Crippen molar-refractivity contribution in [2.24, 2.45) is 0 Å². The molecule has 0 aliphatic rings. The Bertz CT molecular complexity index is 1990. The maximum atomic E-state index is 13.7. The molecule has 0 radical (unpaired) electrons. The standard InChI is InChI=1S/C37H37N7O2S/c1-4-10-34-39-35-24(2)19-29(37(46)38-30(23-47-25(3)45)20-26-11-6-5-7-12-26)21-33(35)44(34)22-27-15-17-28(18-16-27)31-13-8-9-14-32(31)36-40-42-43-41-36/h5-9,11-19,21,30H,4,10,20,22-23H2,1-3H3,(H,38,46)(H,40,41,42,43)/t30-/m1/s1. The van der Waals surface area contributed by atoms with Gasteiger partial charge in [-0.15, -0.1) is 10.2 Å². The summed E-state index contributed by atoms with van der Waals surface area (Å²) in [4.78, 5) is 30.5. The maximum absolute atomic E-state index is 13.7. The van der Waals surface area contributed by atoms with Gasteiger partial charge in [0, 0.05) is 42.8 Å². The molecule has 47 heavy (non-hydrogen) atoms. The predicted octanol–water partition coefficient (Wildman–Crippen LogP) is 6.81. The van der Waals surface area contributed by atoms with Gasteiger partial charge in [-0.3, -0.25) is 9.59 Å². The Morgan fingerprint density at radius 3 is 2.38 bits per heavy atom. The first-order valence-electron chi connectivity index (χ1n) is 15.8. The van der Waals surface area contributed by atoms with Gasteiger partial charge in [-0.2, -0.15) is 5.21 Å². The summed E-state index contributed by atoms with van der Waals surface area (Å²) in [6.45, 7) is 6.34. The van der Waals surface area contributed by atoms with Crippen LogP contribution in [0.3, 0.4) is 0 Å². The van der Waals surface area contributed by atoms with Crippen LogP contribution in [0.5, 0.6) is 0 Å². The lowest BCUT2D eigenvalue weighted by molar-refractivity contribution is -0.109. The molecule has 0 fully saturated rings. The lowest BCUT2D eigenvalue weighted by atomic mass is 9.98. The van der Waals surface area contributed by atoms with E-state index in [1.807, 2.05) is 67.6 Å². The largest absolute Gasteiger partial charge is 0.348 e. The molecule has 0 saturated heterocycles. The van der Waals surface area contributed by atoms with E-state index in [4.69, 9.17) is 4.98 Å². The van der Waals surface area contributed by atoms with Crippen LogP contribution in [0.4, 0.5) is 0 Å². The fraction of sp³-hybridized carbons (Fsp3) is 0.243. The van der Waals surface area contributed by atoms with Crippen molar-refractivity contribution in [2.45, 2.75) is 52.6 Å². The highest BCUT2D eigenvalue weighted by Crippen LogP contribution is 2.30. The first-order valence-corrected chi connectivity index (χ1v) is 16.8. The van der Waals surface area contributed by atoms with Crippen molar-refractivity contribution in [1.82, 2.24) is 35.5 Å². The molecule has 4 aromatic carbocycles. The van der Waals surface area contributed by atoms with E-state index in [1.165, 1.54) is 11.8 Å². The number of aromatic nitrogens is 6. The third-order valence-electron chi connectivity index (χ3n) is 8.13. The smallest absolute Gasteiger partial charge is 0.251 e. The van der Waals surface area contributed by atoms with Gasteiger partial charge < -0.3 is 9.88 Å². The van der Waals surface area contributed by atoms with Crippen LogP contribution in [-0.2, 0) is 24.2 Å². The molecule has 2 N–H and O–H groups in total. The molecule has 2 heterocycles. The molecule has 0 aliphatic heterocycles. The molecule has 0 aliphatic carbocycles. The number of benzene rings is 4. The number of imidazole rings is 1. The summed E-state index contributed by atoms with van der Waals surface area (Å²) >= 11 is 1.24. The number of carbonyl (C=O) groups excluding carboxylic acids is 2. The Morgan fingerprint density at radius 2 is 1.68 bits per heavy atom. The van der Waals surface area contributed by atoms with Crippen molar-refractivity contribution < 1.29 is 9.59 Å². The molecule has 10 heteroatoms. The number of H-pyrrole nitrogens is 1. The highest BCUT2D eigenvalue weighted by molar-refractivity contribution is 8.13. The zero-order valence-electron chi connectivity index (χ0n) is 26.7. The summed E-state index contributed by atoms with van der Waals surface area (Å²) in [5.41, 5.74) is 8.60. The number of rotatable bonds is 12. The van der Waals surface area contributed by atoms with E-state index in [0.717, 1.165) is 63.1 Å². The van der Waals surface area contributed by atoms with Crippen LogP contribution in [0.1, 0.15) is 53.1 Å². The maximum Gasteiger partial charge on any atom is 0.251 e. The van der Waals surface area contributed by atoms with Crippen molar-refractivity contribution in [3.05, 3.63) is 119 Å². The minimum atomic E-state index is -0.195. The number of carbonyl (C=O) groups is 2. The average molecular weight is 644 g/mol. The highest BCUT2D eigenvalue weighted by Gasteiger charge is 2.20. The van der Waals surface area contributed by atoms with Crippen molar-refractivity contribution in [2.75, 3.05) is 5.75 Å². The number of nitrogens with one attached hydrogen (secondary N) is 2. The Morgan fingerprint density at radius 1 is 0.936 bits per heavy atom. The summed E-state index contributed by atoms with van der Waals surface area (Å²) in [6, 6.07) is 30.2. The Kier molecular flexibility index (Phi) is 9.87. The van der Waals surface area contributed by atoms with E-state index in [-0.39, 0.29) is 17.1 Å². The highest BCUT2D eigenvalue weighted by atomic mass is 32.2. The molecule has 238 valence electrons. The minimum Gasteiger partial charge on any atom is -0.348 e. The molecular weight excluding hydrogens is 607 g/mol. The van der Waals surface area contributed by atoms with Gasteiger partial charge in [-0.25, -0.2) is 4.98 Å². The quantitative estimate of drug-likeness (QED) is 0.150. The molecule has 0 spiro atoms. The van der Waals surface area contributed by atoms with Gasteiger partial charge in [0.15, 0.2) is 5.12 Å². The van der Waals surface area contributed by atoms with Gasteiger partial charge >= 0.3 is 0 Å². The number of amides is 1. The van der Waals surface area contributed by atoms with Crippen LogP contribution in [0.2, 0.25) is 0 Å². The number of hydrogen-bond donors (Lipinski definition) is 2. The first-order chi connectivity index (χ1) is 22.9. The second-order valence-corrected chi connectivity index (χ2v) is 12.9. The zero-order valence-corrected chi connectivity index (χ0v) is 27.6. The van der Waals surface area contributed by atoms with Crippen molar-refractivity contribution in [3.8, 4) is 22.5 Å². The summed E-state index contributed by atoms with van der Waals surface area (Å²) in [5, 5.41) is 17.8. The number of thioether (sulfide) groups is 1. The molecule has 0 saturated carbocycles. The predicted molar refractivity (Wildman–Crippen MR) is 187 cm³/mol. The Hall–Kier alpha value is -5.09. The van der Waals surface area contributed by atoms with Gasteiger partial charge in [-0.1, -0.05) is 97.5 Å². The summed E-state index contributed by atoms with van der Waals surface area (Å²) in [6.07, 6.45) is 2.42. The van der Waals surface area contributed by atoms with Crippen molar-refractivity contribution in [1.29, 1.82) is 0 Å². The van der Waals surface area contributed by atoms with E-state index in [0.29, 0.717) is 30.1 Å². The van der Waals surface area contributed by atoms with E-state index in [1.54, 1.807) is 6.92 Å². The zero-order chi connectivity index (χ0) is 32.8. The lowest BCUT2D eigenvalue weighted by Crippen LogP contribution is -2.38. The minimum absolute atomic E-state index is 0.0335. The number of fused-ring (bicyclic) bond motifs is 1. The van der Waals surface area contributed by atoms with Gasteiger partial charge in [0.1, 0.15) is 5.82 Å². The number of tetrazole rings is 1. The van der Waals surface area contributed by atoms with Crippen LogP contribution < -0.4 is 5.32 Å².